The summed E-state index contributed by atoms with van der Waals surface area (Å²) < 4.78 is 6.30. The SMILES string of the molecule is CNCC1(Oc2ccc(C)cc2C(C)(C)C)CC1. The summed E-state index contributed by atoms with van der Waals surface area (Å²) in [6, 6.07) is 6.52. The van der Waals surface area contributed by atoms with Crippen molar-refractivity contribution in [2.45, 2.75) is 51.6 Å². The van der Waals surface area contributed by atoms with E-state index in [-0.39, 0.29) is 11.0 Å². The molecular formula is C16H25NO. The zero-order valence-electron chi connectivity index (χ0n) is 12.3. The average Bonchev–Trinajstić information content (AvgIpc) is 3.00. The minimum Gasteiger partial charge on any atom is -0.486 e. The van der Waals surface area contributed by atoms with Crippen LogP contribution in [0, 0.1) is 6.92 Å². The van der Waals surface area contributed by atoms with Crippen molar-refractivity contribution in [1.82, 2.24) is 5.32 Å². The Hall–Kier alpha value is -1.02. The third-order valence-electron chi connectivity index (χ3n) is 3.58. The van der Waals surface area contributed by atoms with E-state index in [0.717, 1.165) is 25.1 Å². The third kappa shape index (κ3) is 2.86. The smallest absolute Gasteiger partial charge is 0.123 e. The van der Waals surface area contributed by atoms with E-state index in [1.54, 1.807) is 0 Å². The van der Waals surface area contributed by atoms with Crippen molar-refractivity contribution in [2.75, 3.05) is 13.6 Å². The van der Waals surface area contributed by atoms with Gasteiger partial charge in [-0.2, -0.15) is 0 Å². The van der Waals surface area contributed by atoms with E-state index in [2.05, 4.69) is 51.2 Å². The molecule has 2 nitrogen and oxygen atoms in total. The Balaban J connectivity index is 2.28. The fourth-order valence-corrected chi connectivity index (χ4v) is 2.33. The van der Waals surface area contributed by atoms with Crippen LogP contribution in [-0.2, 0) is 5.41 Å². The molecule has 18 heavy (non-hydrogen) atoms. The first kappa shape index (κ1) is 13.4. The van der Waals surface area contributed by atoms with Gasteiger partial charge in [0.15, 0.2) is 0 Å². The Kier molecular flexibility index (Phi) is 3.41. The molecule has 1 aromatic rings. The summed E-state index contributed by atoms with van der Waals surface area (Å²) in [6.07, 6.45) is 2.32. The fraction of sp³-hybridized carbons (Fsp3) is 0.625. The molecule has 1 fully saturated rings. The van der Waals surface area contributed by atoms with Crippen LogP contribution in [0.4, 0.5) is 0 Å². The lowest BCUT2D eigenvalue weighted by molar-refractivity contribution is 0.174. The van der Waals surface area contributed by atoms with E-state index >= 15 is 0 Å². The largest absolute Gasteiger partial charge is 0.486 e. The molecule has 0 unspecified atom stereocenters. The molecule has 100 valence electrons. The van der Waals surface area contributed by atoms with Crippen LogP contribution in [0.1, 0.15) is 44.7 Å². The summed E-state index contributed by atoms with van der Waals surface area (Å²) in [6.45, 7) is 9.80. The monoisotopic (exact) mass is 247 g/mol. The molecule has 0 spiro atoms. The third-order valence-corrected chi connectivity index (χ3v) is 3.58. The maximum atomic E-state index is 6.30. The van der Waals surface area contributed by atoms with Gasteiger partial charge in [-0.25, -0.2) is 0 Å². The van der Waals surface area contributed by atoms with Crippen LogP contribution in [0.3, 0.4) is 0 Å². The van der Waals surface area contributed by atoms with Crippen molar-refractivity contribution in [1.29, 1.82) is 0 Å². The molecule has 0 aliphatic heterocycles. The number of likely N-dealkylation sites (N-methyl/N-ethyl adjacent to an activating group) is 1. The second-order valence-electron chi connectivity index (χ2n) is 6.57. The molecule has 0 radical (unpaired) electrons. The zero-order chi connectivity index (χ0) is 13.4. The molecule has 2 rings (SSSR count). The lowest BCUT2D eigenvalue weighted by atomic mass is 9.85. The van der Waals surface area contributed by atoms with Gasteiger partial charge in [-0.1, -0.05) is 38.5 Å². The summed E-state index contributed by atoms with van der Waals surface area (Å²) >= 11 is 0. The standard InChI is InChI=1S/C16H25NO/c1-12-6-7-14(13(10-12)15(2,3)4)18-16(8-9-16)11-17-5/h6-7,10,17H,8-9,11H2,1-5H3. The molecule has 1 aliphatic rings. The summed E-state index contributed by atoms with van der Waals surface area (Å²) in [5, 5.41) is 3.24. The molecule has 0 saturated heterocycles. The van der Waals surface area contributed by atoms with E-state index < -0.39 is 0 Å². The Morgan fingerprint density at radius 3 is 2.44 bits per heavy atom. The number of hydrogen-bond acceptors (Lipinski definition) is 2. The lowest BCUT2D eigenvalue weighted by Crippen LogP contribution is -2.32. The van der Waals surface area contributed by atoms with Crippen molar-refractivity contribution in [2.24, 2.45) is 0 Å². The zero-order valence-corrected chi connectivity index (χ0v) is 12.3. The molecular weight excluding hydrogens is 222 g/mol. The van der Waals surface area contributed by atoms with Gasteiger partial charge >= 0.3 is 0 Å². The summed E-state index contributed by atoms with van der Waals surface area (Å²) in [4.78, 5) is 0. The first-order chi connectivity index (χ1) is 8.36. The minimum atomic E-state index is 0.0456. The topological polar surface area (TPSA) is 21.3 Å². The Morgan fingerprint density at radius 1 is 1.28 bits per heavy atom. The minimum absolute atomic E-state index is 0.0456. The maximum Gasteiger partial charge on any atom is 0.123 e. The van der Waals surface area contributed by atoms with Gasteiger partial charge in [0.25, 0.3) is 0 Å². The molecule has 1 N–H and O–H groups in total. The number of hydrogen-bond donors (Lipinski definition) is 1. The number of nitrogens with one attached hydrogen (secondary N) is 1. The molecule has 0 aromatic heterocycles. The maximum absolute atomic E-state index is 6.30. The average molecular weight is 247 g/mol. The molecule has 0 atom stereocenters. The van der Waals surface area contributed by atoms with Crippen molar-refractivity contribution in [3.63, 3.8) is 0 Å². The number of aryl methyl sites for hydroxylation is 1. The van der Waals surface area contributed by atoms with Crippen LogP contribution in [0.2, 0.25) is 0 Å². The molecule has 1 aliphatic carbocycles. The number of ether oxygens (including phenoxy) is 1. The van der Waals surface area contributed by atoms with E-state index in [1.165, 1.54) is 11.1 Å². The highest BCUT2D eigenvalue weighted by Crippen LogP contribution is 2.42. The van der Waals surface area contributed by atoms with E-state index in [1.807, 2.05) is 7.05 Å². The Labute approximate surface area is 111 Å². The lowest BCUT2D eigenvalue weighted by Gasteiger charge is -2.26. The van der Waals surface area contributed by atoms with Gasteiger partial charge < -0.3 is 10.1 Å². The summed E-state index contributed by atoms with van der Waals surface area (Å²) in [7, 11) is 1.99. The van der Waals surface area contributed by atoms with Gasteiger partial charge in [0, 0.05) is 6.54 Å². The highest BCUT2D eigenvalue weighted by molar-refractivity contribution is 5.42. The van der Waals surface area contributed by atoms with Gasteiger partial charge in [0.05, 0.1) is 0 Å². The van der Waals surface area contributed by atoms with Crippen LogP contribution in [0.5, 0.6) is 5.75 Å². The highest BCUT2D eigenvalue weighted by atomic mass is 16.5. The first-order valence-corrected chi connectivity index (χ1v) is 6.81. The van der Waals surface area contributed by atoms with Crippen molar-refractivity contribution < 1.29 is 4.74 Å². The number of benzene rings is 1. The van der Waals surface area contributed by atoms with Crippen LogP contribution in [0.15, 0.2) is 18.2 Å². The Bertz CT molecular complexity index is 427. The molecule has 0 bridgehead atoms. The highest BCUT2D eigenvalue weighted by Gasteiger charge is 2.45. The van der Waals surface area contributed by atoms with Crippen molar-refractivity contribution >= 4 is 0 Å². The summed E-state index contributed by atoms with van der Waals surface area (Å²) in [5.74, 6) is 1.06. The summed E-state index contributed by atoms with van der Waals surface area (Å²) in [5.41, 5.74) is 2.77. The van der Waals surface area contributed by atoms with Crippen molar-refractivity contribution in [3.05, 3.63) is 29.3 Å². The van der Waals surface area contributed by atoms with Gasteiger partial charge in [-0.15, -0.1) is 0 Å². The molecule has 0 heterocycles. The van der Waals surface area contributed by atoms with E-state index in [4.69, 9.17) is 4.74 Å². The second kappa shape index (κ2) is 4.58. The fourth-order valence-electron chi connectivity index (χ4n) is 2.33. The molecule has 2 heteroatoms. The predicted molar refractivity (Wildman–Crippen MR) is 76.4 cm³/mol. The molecule has 0 amide bonds. The second-order valence-corrected chi connectivity index (χ2v) is 6.57. The Morgan fingerprint density at radius 2 is 1.94 bits per heavy atom. The van der Waals surface area contributed by atoms with Gasteiger partial charge in [-0.3, -0.25) is 0 Å². The molecule has 1 saturated carbocycles. The van der Waals surface area contributed by atoms with Crippen LogP contribution in [-0.4, -0.2) is 19.2 Å². The van der Waals surface area contributed by atoms with Gasteiger partial charge in [0.2, 0.25) is 0 Å². The van der Waals surface area contributed by atoms with Crippen molar-refractivity contribution in [3.8, 4) is 5.75 Å². The molecule has 1 aromatic carbocycles. The van der Waals surface area contributed by atoms with Crippen LogP contribution in [0.25, 0.3) is 0 Å². The van der Waals surface area contributed by atoms with E-state index in [0.29, 0.717) is 0 Å². The van der Waals surface area contributed by atoms with Gasteiger partial charge in [-0.05, 0) is 43.9 Å². The van der Waals surface area contributed by atoms with Gasteiger partial charge in [0.1, 0.15) is 11.4 Å². The van der Waals surface area contributed by atoms with Crippen LogP contribution >= 0.6 is 0 Å². The quantitative estimate of drug-likeness (QED) is 0.880. The van der Waals surface area contributed by atoms with Crippen LogP contribution < -0.4 is 10.1 Å². The predicted octanol–water partition coefficient (Wildman–Crippen LogP) is 3.42. The first-order valence-electron chi connectivity index (χ1n) is 6.81. The van der Waals surface area contributed by atoms with E-state index in [9.17, 15) is 0 Å². The normalized spacial score (nSPS) is 17.6. The number of rotatable bonds is 4.